The number of aromatic nitrogens is 2. The smallest absolute Gasteiger partial charge is 0.416 e. The number of hydrogen-bond acceptors (Lipinski definition) is 4. The molecule has 2 aromatic heterocycles. The minimum Gasteiger partial charge on any atom is -0.465 e. The number of halogens is 3. The number of carbonyl (C=O) groups is 1. The van der Waals surface area contributed by atoms with Gasteiger partial charge in [0.25, 0.3) is 0 Å². The van der Waals surface area contributed by atoms with Gasteiger partial charge >= 0.3 is 12.1 Å². The van der Waals surface area contributed by atoms with E-state index in [-0.39, 0.29) is 12.5 Å². The first-order valence-corrected chi connectivity index (χ1v) is 9.83. The van der Waals surface area contributed by atoms with Crippen molar-refractivity contribution in [2.24, 2.45) is 0 Å². The maximum atomic E-state index is 13.0. The Bertz CT molecular complexity index is 1220. The van der Waals surface area contributed by atoms with Crippen LogP contribution in [-0.2, 0) is 22.3 Å². The lowest BCUT2D eigenvalue weighted by Gasteiger charge is -2.07. The second-order valence-electron chi connectivity index (χ2n) is 6.57. The van der Waals surface area contributed by atoms with Crippen molar-refractivity contribution in [1.29, 1.82) is 0 Å². The minimum absolute atomic E-state index is 0.0588. The van der Waals surface area contributed by atoms with Crippen molar-refractivity contribution in [2.75, 3.05) is 6.61 Å². The van der Waals surface area contributed by atoms with Gasteiger partial charge in [-0.2, -0.15) is 13.2 Å². The molecule has 0 N–H and O–H groups in total. The number of hydrogen-bond donors (Lipinski definition) is 0. The van der Waals surface area contributed by atoms with Crippen molar-refractivity contribution >= 4 is 38.4 Å². The number of para-hydroxylation sites is 1. The average molecular weight is 418 g/mol. The zero-order valence-electron chi connectivity index (χ0n) is 15.7. The topological polar surface area (TPSA) is 44.1 Å². The Morgan fingerprint density at radius 3 is 2.69 bits per heavy atom. The maximum Gasteiger partial charge on any atom is 0.416 e. The van der Waals surface area contributed by atoms with Gasteiger partial charge in [-0.05, 0) is 38.1 Å². The second-order valence-corrected chi connectivity index (χ2v) is 7.60. The Morgan fingerprint density at radius 2 is 1.97 bits per heavy atom. The van der Waals surface area contributed by atoms with E-state index in [4.69, 9.17) is 4.74 Å². The fraction of sp³-hybridized carbons (Fsp3) is 0.238. The molecule has 4 rings (SSSR count). The third-order valence-corrected chi connectivity index (χ3v) is 5.81. The first kappa shape index (κ1) is 19.4. The molecule has 0 saturated heterocycles. The van der Waals surface area contributed by atoms with Gasteiger partial charge in [-0.1, -0.05) is 18.2 Å². The SMILES string of the molecule is CCOC(=O)Cn1c(C)c(-c2nc3cc(C(F)(F)F)ccc3s2)c2ccccc21. The number of esters is 1. The molecule has 8 heteroatoms. The van der Waals surface area contributed by atoms with Crippen LogP contribution < -0.4 is 0 Å². The molecule has 0 bridgehead atoms. The highest BCUT2D eigenvalue weighted by atomic mass is 32.1. The number of nitrogens with zero attached hydrogens (tertiary/aromatic N) is 2. The summed E-state index contributed by atoms with van der Waals surface area (Å²) < 4.78 is 46.7. The largest absolute Gasteiger partial charge is 0.465 e. The fourth-order valence-corrected chi connectivity index (χ4v) is 4.51. The van der Waals surface area contributed by atoms with E-state index in [0.717, 1.165) is 34.3 Å². The summed E-state index contributed by atoms with van der Waals surface area (Å²) in [6.07, 6.45) is -4.41. The fourth-order valence-electron chi connectivity index (χ4n) is 3.45. The quantitative estimate of drug-likeness (QED) is 0.393. The standard InChI is InChI=1S/C21H17F3N2O2S/c1-3-28-18(27)11-26-12(2)19(14-6-4-5-7-16(14)26)20-25-15-10-13(21(22,23)24)8-9-17(15)29-20/h4-10H,3,11H2,1-2H3. The molecule has 0 aliphatic rings. The summed E-state index contributed by atoms with van der Waals surface area (Å²) in [5.41, 5.74) is 2.07. The van der Waals surface area contributed by atoms with Crippen LogP contribution in [0.3, 0.4) is 0 Å². The summed E-state index contributed by atoms with van der Waals surface area (Å²) in [5, 5.41) is 1.51. The lowest BCUT2D eigenvalue weighted by atomic mass is 10.1. The van der Waals surface area contributed by atoms with Crippen LogP contribution in [0.2, 0.25) is 0 Å². The normalized spacial score (nSPS) is 12.0. The molecule has 0 unspecified atom stereocenters. The van der Waals surface area contributed by atoms with E-state index in [0.29, 0.717) is 21.8 Å². The number of benzene rings is 2. The predicted octanol–water partition coefficient (Wildman–Crippen LogP) is 5.81. The van der Waals surface area contributed by atoms with E-state index in [2.05, 4.69) is 4.98 Å². The third kappa shape index (κ3) is 3.48. The van der Waals surface area contributed by atoms with Crippen molar-refractivity contribution in [3.05, 3.63) is 53.7 Å². The highest BCUT2D eigenvalue weighted by Gasteiger charge is 2.31. The van der Waals surface area contributed by atoms with Crippen molar-refractivity contribution in [3.63, 3.8) is 0 Å². The number of rotatable bonds is 4. The van der Waals surface area contributed by atoms with Crippen molar-refractivity contribution < 1.29 is 22.7 Å². The van der Waals surface area contributed by atoms with E-state index in [1.807, 2.05) is 35.8 Å². The molecule has 2 aromatic carbocycles. The average Bonchev–Trinajstić information content (AvgIpc) is 3.19. The number of thiazole rings is 1. The van der Waals surface area contributed by atoms with E-state index in [9.17, 15) is 18.0 Å². The van der Waals surface area contributed by atoms with E-state index in [1.165, 1.54) is 17.4 Å². The second kappa shape index (κ2) is 7.18. The van der Waals surface area contributed by atoms with Gasteiger partial charge in [-0.3, -0.25) is 4.79 Å². The van der Waals surface area contributed by atoms with Crippen LogP contribution in [0.25, 0.3) is 31.7 Å². The van der Waals surface area contributed by atoms with Crippen LogP contribution in [0.15, 0.2) is 42.5 Å². The number of carbonyl (C=O) groups excluding carboxylic acids is 1. The monoisotopic (exact) mass is 418 g/mol. The van der Waals surface area contributed by atoms with Gasteiger partial charge in [-0.15, -0.1) is 11.3 Å². The Morgan fingerprint density at radius 1 is 1.21 bits per heavy atom. The van der Waals surface area contributed by atoms with Crippen LogP contribution in [0.1, 0.15) is 18.2 Å². The number of ether oxygens (including phenoxy) is 1. The molecule has 29 heavy (non-hydrogen) atoms. The Labute approximate surface area is 168 Å². The Hall–Kier alpha value is -2.87. The first-order valence-electron chi connectivity index (χ1n) is 9.01. The van der Waals surface area contributed by atoms with E-state index < -0.39 is 11.7 Å². The molecular weight excluding hydrogens is 401 g/mol. The maximum absolute atomic E-state index is 13.0. The summed E-state index contributed by atoms with van der Waals surface area (Å²) in [6, 6.07) is 11.2. The number of alkyl halides is 3. The van der Waals surface area contributed by atoms with Gasteiger partial charge in [0.2, 0.25) is 0 Å². The Balaban J connectivity index is 1.88. The first-order chi connectivity index (χ1) is 13.8. The Kier molecular flexibility index (Phi) is 4.82. The third-order valence-electron chi connectivity index (χ3n) is 4.75. The zero-order chi connectivity index (χ0) is 20.8. The van der Waals surface area contributed by atoms with Crippen LogP contribution in [0.4, 0.5) is 13.2 Å². The molecule has 0 aliphatic carbocycles. The molecule has 0 fully saturated rings. The van der Waals surface area contributed by atoms with Gasteiger partial charge in [0.1, 0.15) is 11.6 Å². The van der Waals surface area contributed by atoms with E-state index >= 15 is 0 Å². The lowest BCUT2D eigenvalue weighted by Crippen LogP contribution is -2.14. The zero-order valence-corrected chi connectivity index (χ0v) is 16.5. The molecule has 0 radical (unpaired) electrons. The van der Waals surface area contributed by atoms with E-state index in [1.54, 1.807) is 6.92 Å². The van der Waals surface area contributed by atoms with Gasteiger partial charge in [0, 0.05) is 22.2 Å². The van der Waals surface area contributed by atoms with Crippen LogP contribution in [0, 0.1) is 6.92 Å². The van der Waals surface area contributed by atoms with Crippen LogP contribution in [-0.4, -0.2) is 22.1 Å². The summed E-state index contributed by atoms with van der Waals surface area (Å²) in [7, 11) is 0. The number of fused-ring (bicyclic) bond motifs is 2. The molecular formula is C21H17F3N2O2S. The van der Waals surface area contributed by atoms with Gasteiger partial charge < -0.3 is 9.30 Å². The molecule has 0 amide bonds. The van der Waals surface area contributed by atoms with Gasteiger partial charge in [0.15, 0.2) is 0 Å². The van der Waals surface area contributed by atoms with Crippen molar-refractivity contribution in [1.82, 2.24) is 9.55 Å². The molecule has 150 valence electrons. The summed E-state index contributed by atoms with van der Waals surface area (Å²) in [4.78, 5) is 16.5. The molecule has 4 aromatic rings. The van der Waals surface area contributed by atoms with Gasteiger partial charge in [0.05, 0.1) is 22.4 Å². The molecule has 0 aliphatic heterocycles. The highest BCUT2D eigenvalue weighted by Crippen LogP contribution is 2.40. The molecule has 0 spiro atoms. The molecule has 4 nitrogen and oxygen atoms in total. The molecule has 0 saturated carbocycles. The lowest BCUT2D eigenvalue weighted by molar-refractivity contribution is -0.143. The predicted molar refractivity (Wildman–Crippen MR) is 107 cm³/mol. The highest BCUT2D eigenvalue weighted by molar-refractivity contribution is 7.21. The molecule has 0 atom stereocenters. The summed E-state index contributed by atoms with van der Waals surface area (Å²) in [5.74, 6) is -0.345. The minimum atomic E-state index is -4.41. The van der Waals surface area contributed by atoms with Crippen LogP contribution in [0.5, 0.6) is 0 Å². The summed E-state index contributed by atoms with van der Waals surface area (Å²) >= 11 is 1.33. The summed E-state index contributed by atoms with van der Waals surface area (Å²) in [6.45, 7) is 3.98. The van der Waals surface area contributed by atoms with Crippen LogP contribution >= 0.6 is 11.3 Å². The van der Waals surface area contributed by atoms with Crippen molar-refractivity contribution in [2.45, 2.75) is 26.6 Å². The van der Waals surface area contributed by atoms with Crippen molar-refractivity contribution in [3.8, 4) is 10.6 Å². The molecule has 2 heterocycles. The van der Waals surface area contributed by atoms with Gasteiger partial charge in [-0.25, -0.2) is 4.98 Å².